The van der Waals surface area contributed by atoms with E-state index in [4.69, 9.17) is 0 Å². The quantitative estimate of drug-likeness (QED) is 0.912. The molecule has 0 bridgehead atoms. The second-order valence-electron chi connectivity index (χ2n) is 5.10. The molecule has 2 heterocycles. The van der Waals surface area contributed by atoms with Crippen LogP contribution in [-0.4, -0.2) is 39.8 Å². The molecule has 1 aliphatic rings. The van der Waals surface area contributed by atoms with E-state index in [1.165, 1.54) is 0 Å². The molecule has 0 unspecified atom stereocenters. The summed E-state index contributed by atoms with van der Waals surface area (Å²) in [5, 5.41) is 3.07. The van der Waals surface area contributed by atoms with Crippen LogP contribution in [0.25, 0.3) is 0 Å². The molecular weight excluding hydrogens is 254 g/mol. The van der Waals surface area contributed by atoms with E-state index in [9.17, 15) is 4.79 Å². The molecule has 1 N–H and O–H groups in total. The lowest BCUT2D eigenvalue weighted by Gasteiger charge is -2.21. The molecule has 0 aromatic carbocycles. The lowest BCUT2D eigenvalue weighted by atomic mass is 10.1. The summed E-state index contributed by atoms with van der Waals surface area (Å²) in [5.41, 5.74) is 1.77. The van der Waals surface area contributed by atoms with Crippen LogP contribution in [0.3, 0.4) is 0 Å². The van der Waals surface area contributed by atoms with Crippen molar-refractivity contribution in [2.45, 2.75) is 34.1 Å². The van der Waals surface area contributed by atoms with Gasteiger partial charge in [0.1, 0.15) is 0 Å². The fourth-order valence-corrected chi connectivity index (χ4v) is 2.09. The first-order valence-electron chi connectivity index (χ1n) is 6.96. The fourth-order valence-electron chi connectivity index (χ4n) is 2.09. The van der Waals surface area contributed by atoms with Gasteiger partial charge in [-0.15, -0.1) is 0 Å². The normalized spacial score (nSPS) is 16.0. The molecule has 1 amide bonds. The monoisotopic (exact) mass is 275 g/mol. The lowest BCUT2D eigenvalue weighted by molar-refractivity contribution is -0.130. The number of aryl methyl sites for hydroxylation is 2. The maximum absolute atomic E-state index is 12.3. The molecule has 1 aromatic rings. The summed E-state index contributed by atoms with van der Waals surface area (Å²) in [6.45, 7) is 9.02. The highest BCUT2D eigenvalue weighted by Crippen LogP contribution is 2.13. The number of carbonyl (C=O) groups excluding carboxylic acids is 1. The van der Waals surface area contributed by atoms with Gasteiger partial charge < -0.3 is 0 Å². The standard InChI is InChI=1S/C14H21N5O/c1-5-9(2)12(20)19-7-6-15-14(19)18-13-16-10(3)8-11(4)17-13/h8-9H,5-7H2,1-4H3,(H,15,16,17,18)/t9-/m0/s1. The number of nitrogens with one attached hydrogen (secondary N) is 1. The molecule has 1 atom stereocenters. The SMILES string of the molecule is CC[C@H](C)C(=O)N1CCN=C1Nc1nc(C)cc(C)n1. The van der Waals surface area contributed by atoms with E-state index in [0.29, 0.717) is 25.0 Å². The summed E-state index contributed by atoms with van der Waals surface area (Å²) in [4.78, 5) is 26.9. The number of amides is 1. The number of hydrogen-bond acceptors (Lipinski definition) is 5. The number of nitrogens with zero attached hydrogens (tertiary/aromatic N) is 4. The Balaban J connectivity index is 2.14. The van der Waals surface area contributed by atoms with Crippen molar-refractivity contribution in [3.8, 4) is 0 Å². The number of aromatic nitrogens is 2. The van der Waals surface area contributed by atoms with Crippen molar-refractivity contribution in [2.24, 2.45) is 10.9 Å². The molecule has 0 aliphatic carbocycles. The second-order valence-corrected chi connectivity index (χ2v) is 5.10. The van der Waals surface area contributed by atoms with E-state index >= 15 is 0 Å². The van der Waals surface area contributed by atoms with E-state index < -0.39 is 0 Å². The summed E-state index contributed by atoms with van der Waals surface area (Å²) in [6.07, 6.45) is 0.822. The number of anilines is 1. The van der Waals surface area contributed by atoms with E-state index in [-0.39, 0.29) is 11.8 Å². The van der Waals surface area contributed by atoms with Gasteiger partial charge in [0.2, 0.25) is 17.8 Å². The van der Waals surface area contributed by atoms with Crippen LogP contribution in [0.5, 0.6) is 0 Å². The van der Waals surface area contributed by atoms with Crippen LogP contribution in [0.1, 0.15) is 31.7 Å². The molecule has 6 nitrogen and oxygen atoms in total. The Labute approximate surface area is 119 Å². The van der Waals surface area contributed by atoms with Crippen LogP contribution >= 0.6 is 0 Å². The zero-order valence-corrected chi connectivity index (χ0v) is 12.5. The summed E-state index contributed by atoms with van der Waals surface area (Å²) in [5.74, 6) is 1.14. The van der Waals surface area contributed by atoms with Gasteiger partial charge in [-0.25, -0.2) is 9.97 Å². The Bertz CT molecular complexity index is 520. The molecule has 1 aromatic heterocycles. The average Bonchev–Trinajstić information content (AvgIpc) is 2.83. The molecule has 0 radical (unpaired) electrons. The summed E-state index contributed by atoms with van der Waals surface area (Å²) in [6, 6.07) is 1.91. The predicted molar refractivity (Wildman–Crippen MR) is 78.6 cm³/mol. The van der Waals surface area contributed by atoms with Crippen LogP contribution in [0.4, 0.5) is 5.95 Å². The molecule has 0 saturated carbocycles. The second kappa shape index (κ2) is 5.98. The highest BCUT2D eigenvalue weighted by Gasteiger charge is 2.27. The van der Waals surface area contributed by atoms with Crippen molar-refractivity contribution in [3.63, 3.8) is 0 Å². The van der Waals surface area contributed by atoms with E-state index in [2.05, 4.69) is 20.3 Å². The maximum atomic E-state index is 12.3. The summed E-state index contributed by atoms with van der Waals surface area (Å²) >= 11 is 0. The number of aliphatic imine (C=N–C) groups is 1. The topological polar surface area (TPSA) is 70.5 Å². The van der Waals surface area contributed by atoms with Gasteiger partial charge in [-0.05, 0) is 26.3 Å². The molecule has 6 heteroatoms. The third kappa shape index (κ3) is 3.12. The molecule has 2 rings (SSSR count). The highest BCUT2D eigenvalue weighted by molar-refractivity contribution is 6.04. The van der Waals surface area contributed by atoms with E-state index in [1.807, 2.05) is 33.8 Å². The van der Waals surface area contributed by atoms with Gasteiger partial charge in [-0.1, -0.05) is 13.8 Å². The Morgan fingerprint density at radius 2 is 2.05 bits per heavy atom. The van der Waals surface area contributed by atoms with Crippen LogP contribution in [0.2, 0.25) is 0 Å². The van der Waals surface area contributed by atoms with Crippen molar-refractivity contribution in [1.29, 1.82) is 0 Å². The van der Waals surface area contributed by atoms with Crippen molar-refractivity contribution in [1.82, 2.24) is 14.9 Å². The third-order valence-electron chi connectivity index (χ3n) is 3.35. The molecule has 0 fully saturated rings. The number of guanidine groups is 1. The Morgan fingerprint density at radius 3 is 2.65 bits per heavy atom. The van der Waals surface area contributed by atoms with Crippen molar-refractivity contribution >= 4 is 17.8 Å². The zero-order valence-electron chi connectivity index (χ0n) is 12.5. The van der Waals surface area contributed by atoms with Crippen LogP contribution in [0, 0.1) is 19.8 Å². The first-order valence-corrected chi connectivity index (χ1v) is 6.96. The van der Waals surface area contributed by atoms with Crippen molar-refractivity contribution in [2.75, 3.05) is 18.4 Å². The minimum Gasteiger partial charge on any atom is -0.294 e. The molecule has 0 spiro atoms. The molecule has 1 aliphatic heterocycles. The van der Waals surface area contributed by atoms with E-state index in [1.54, 1.807) is 4.90 Å². The predicted octanol–water partition coefficient (Wildman–Crippen LogP) is 1.75. The molecule has 108 valence electrons. The maximum Gasteiger partial charge on any atom is 0.232 e. The Kier molecular flexibility index (Phi) is 4.32. The van der Waals surface area contributed by atoms with Gasteiger partial charge in [0, 0.05) is 23.9 Å². The number of rotatable bonds is 3. The summed E-state index contributed by atoms with van der Waals surface area (Å²) < 4.78 is 0. The van der Waals surface area contributed by atoms with E-state index in [0.717, 1.165) is 17.8 Å². The zero-order chi connectivity index (χ0) is 14.7. The van der Waals surface area contributed by atoms with Gasteiger partial charge in [0.15, 0.2) is 0 Å². The van der Waals surface area contributed by atoms with Gasteiger partial charge in [0.25, 0.3) is 0 Å². The largest absolute Gasteiger partial charge is 0.294 e. The number of carbonyl (C=O) groups is 1. The Morgan fingerprint density at radius 1 is 1.40 bits per heavy atom. The smallest absolute Gasteiger partial charge is 0.232 e. The lowest BCUT2D eigenvalue weighted by Crippen LogP contribution is -2.41. The minimum absolute atomic E-state index is 0.000244. The van der Waals surface area contributed by atoms with Gasteiger partial charge in [-0.2, -0.15) is 0 Å². The molecule has 20 heavy (non-hydrogen) atoms. The van der Waals surface area contributed by atoms with Crippen molar-refractivity contribution < 1.29 is 4.79 Å². The molecule has 0 saturated heterocycles. The fraction of sp³-hybridized carbons (Fsp3) is 0.571. The van der Waals surface area contributed by atoms with Gasteiger partial charge in [0.05, 0.1) is 6.54 Å². The minimum atomic E-state index is 0.000244. The molecular formula is C14H21N5O. The Hall–Kier alpha value is -1.98. The van der Waals surface area contributed by atoms with Crippen LogP contribution in [-0.2, 0) is 4.79 Å². The van der Waals surface area contributed by atoms with Gasteiger partial charge in [-0.3, -0.25) is 20.0 Å². The number of hydrogen-bond donors (Lipinski definition) is 1. The average molecular weight is 275 g/mol. The van der Waals surface area contributed by atoms with Gasteiger partial charge >= 0.3 is 0 Å². The third-order valence-corrected chi connectivity index (χ3v) is 3.35. The van der Waals surface area contributed by atoms with Crippen LogP contribution < -0.4 is 5.32 Å². The van der Waals surface area contributed by atoms with Crippen molar-refractivity contribution in [3.05, 3.63) is 17.5 Å². The highest BCUT2D eigenvalue weighted by atomic mass is 16.2. The summed E-state index contributed by atoms with van der Waals surface area (Å²) in [7, 11) is 0. The first-order chi connectivity index (χ1) is 9.51. The van der Waals surface area contributed by atoms with Crippen LogP contribution in [0.15, 0.2) is 11.1 Å². The first kappa shape index (κ1) is 14.4.